The summed E-state index contributed by atoms with van der Waals surface area (Å²) in [6.45, 7) is 3.86. The predicted octanol–water partition coefficient (Wildman–Crippen LogP) is 3.50. The quantitative estimate of drug-likeness (QED) is 0.715. The zero-order valence-corrected chi connectivity index (χ0v) is 17.9. The lowest BCUT2D eigenvalue weighted by atomic mass is 9.86. The van der Waals surface area contributed by atoms with Crippen molar-refractivity contribution in [2.45, 2.75) is 57.4 Å². The van der Waals surface area contributed by atoms with Crippen LogP contribution in [0.15, 0.2) is 24.3 Å². The van der Waals surface area contributed by atoms with Gasteiger partial charge in [-0.25, -0.2) is 0 Å². The molecule has 3 fully saturated rings. The van der Waals surface area contributed by atoms with Gasteiger partial charge in [0.2, 0.25) is 5.91 Å². The van der Waals surface area contributed by atoms with Crippen LogP contribution in [0.3, 0.4) is 0 Å². The summed E-state index contributed by atoms with van der Waals surface area (Å²) in [5.41, 5.74) is 0.675. The highest BCUT2D eigenvalue weighted by Gasteiger charge is 2.30. The highest BCUT2D eigenvalue weighted by atomic mass is 16.5. The zero-order valence-electron chi connectivity index (χ0n) is 17.9. The van der Waals surface area contributed by atoms with Crippen molar-refractivity contribution >= 4 is 11.8 Å². The molecule has 0 N–H and O–H groups in total. The van der Waals surface area contributed by atoms with E-state index in [1.165, 1.54) is 32.1 Å². The van der Waals surface area contributed by atoms with E-state index in [0.717, 1.165) is 25.1 Å². The molecule has 164 valence electrons. The maximum atomic E-state index is 12.8. The molecule has 0 bridgehead atoms. The van der Waals surface area contributed by atoms with Crippen LogP contribution in [0.4, 0.5) is 0 Å². The fourth-order valence-electron chi connectivity index (χ4n) is 4.93. The summed E-state index contributed by atoms with van der Waals surface area (Å²) in [6.07, 6.45) is 9.04. The topological polar surface area (TPSA) is 59.1 Å². The van der Waals surface area contributed by atoms with E-state index in [1.54, 1.807) is 0 Å². The van der Waals surface area contributed by atoms with Crippen LogP contribution in [0, 0.1) is 5.92 Å². The van der Waals surface area contributed by atoms with Gasteiger partial charge in [-0.15, -0.1) is 0 Å². The van der Waals surface area contributed by atoms with E-state index in [0.29, 0.717) is 56.7 Å². The molecule has 6 nitrogen and oxygen atoms in total. The molecule has 6 heteroatoms. The number of hydrogen-bond acceptors (Lipinski definition) is 4. The third kappa shape index (κ3) is 5.34. The number of hydrogen-bond donors (Lipinski definition) is 0. The lowest BCUT2D eigenvalue weighted by Crippen LogP contribution is -2.40. The number of morpholine rings is 1. The van der Waals surface area contributed by atoms with Crippen molar-refractivity contribution in [2.24, 2.45) is 5.92 Å². The van der Waals surface area contributed by atoms with Crippen LogP contribution >= 0.6 is 0 Å². The van der Waals surface area contributed by atoms with E-state index in [4.69, 9.17) is 9.47 Å². The standard InChI is InChI=1S/C24H34N2O4/c27-23(17-19-5-2-1-3-6-19)26-12-4-7-21(26)18-30-22-10-8-20(9-11-22)24(28)25-13-15-29-16-14-25/h8-11,19,21H,1-7,12-18H2/t21-/m0/s1. The van der Waals surface area contributed by atoms with Gasteiger partial charge < -0.3 is 19.3 Å². The summed E-state index contributed by atoms with van der Waals surface area (Å²) in [5.74, 6) is 1.67. The van der Waals surface area contributed by atoms with Crippen molar-refractivity contribution in [3.8, 4) is 5.75 Å². The molecule has 3 aliphatic rings. The SMILES string of the molecule is O=C(c1ccc(OC[C@@H]2CCCN2C(=O)CC2CCCCC2)cc1)N1CCOCC1. The highest BCUT2D eigenvalue weighted by Crippen LogP contribution is 2.29. The maximum absolute atomic E-state index is 12.8. The molecule has 30 heavy (non-hydrogen) atoms. The first-order chi connectivity index (χ1) is 14.7. The highest BCUT2D eigenvalue weighted by molar-refractivity contribution is 5.94. The second-order valence-electron chi connectivity index (χ2n) is 8.83. The summed E-state index contributed by atoms with van der Waals surface area (Å²) >= 11 is 0. The Morgan fingerprint density at radius 2 is 1.67 bits per heavy atom. The summed E-state index contributed by atoms with van der Waals surface area (Å²) in [5, 5.41) is 0. The summed E-state index contributed by atoms with van der Waals surface area (Å²) < 4.78 is 11.3. The minimum absolute atomic E-state index is 0.0418. The number of rotatable bonds is 6. The zero-order chi connectivity index (χ0) is 20.8. The van der Waals surface area contributed by atoms with Crippen molar-refractivity contribution in [2.75, 3.05) is 39.5 Å². The Morgan fingerprint density at radius 3 is 2.40 bits per heavy atom. The second kappa shape index (κ2) is 10.3. The second-order valence-corrected chi connectivity index (χ2v) is 8.83. The smallest absolute Gasteiger partial charge is 0.254 e. The van der Waals surface area contributed by atoms with Gasteiger partial charge in [-0.2, -0.15) is 0 Å². The summed E-state index contributed by atoms with van der Waals surface area (Å²) in [4.78, 5) is 29.2. The number of carbonyl (C=O) groups excluding carboxylic acids is 2. The Labute approximate surface area is 179 Å². The predicted molar refractivity (Wildman–Crippen MR) is 115 cm³/mol. The molecular weight excluding hydrogens is 380 g/mol. The summed E-state index contributed by atoms with van der Waals surface area (Å²) in [6, 6.07) is 7.53. The first kappa shape index (κ1) is 21.2. The van der Waals surface area contributed by atoms with Gasteiger partial charge in [0.15, 0.2) is 0 Å². The molecule has 1 aromatic rings. The fraction of sp³-hybridized carbons (Fsp3) is 0.667. The van der Waals surface area contributed by atoms with E-state index in [2.05, 4.69) is 0 Å². The minimum Gasteiger partial charge on any atom is -0.491 e. The van der Waals surface area contributed by atoms with Crippen LogP contribution in [0.25, 0.3) is 0 Å². The van der Waals surface area contributed by atoms with Gasteiger partial charge in [0, 0.05) is 31.6 Å². The number of benzene rings is 1. The van der Waals surface area contributed by atoms with Crippen molar-refractivity contribution in [3.63, 3.8) is 0 Å². The van der Waals surface area contributed by atoms with Gasteiger partial charge >= 0.3 is 0 Å². The van der Waals surface area contributed by atoms with Crippen molar-refractivity contribution in [1.82, 2.24) is 9.80 Å². The number of likely N-dealkylation sites (tertiary alicyclic amines) is 1. The molecule has 0 spiro atoms. The van der Waals surface area contributed by atoms with Gasteiger partial charge in [0.1, 0.15) is 12.4 Å². The molecular formula is C24H34N2O4. The van der Waals surface area contributed by atoms with Gasteiger partial charge in [-0.05, 0) is 55.9 Å². The van der Waals surface area contributed by atoms with Crippen molar-refractivity contribution in [1.29, 1.82) is 0 Å². The average molecular weight is 415 g/mol. The third-order valence-electron chi connectivity index (χ3n) is 6.73. The molecule has 4 rings (SSSR count). The summed E-state index contributed by atoms with van der Waals surface area (Å²) in [7, 11) is 0. The Hall–Kier alpha value is -2.08. The van der Waals surface area contributed by atoms with Crippen LogP contribution in [-0.2, 0) is 9.53 Å². The van der Waals surface area contributed by atoms with Crippen LogP contribution in [0.5, 0.6) is 5.75 Å². The monoisotopic (exact) mass is 414 g/mol. The molecule has 1 aromatic carbocycles. The Bertz CT molecular complexity index is 708. The molecule has 2 aliphatic heterocycles. The Morgan fingerprint density at radius 1 is 0.933 bits per heavy atom. The third-order valence-corrected chi connectivity index (χ3v) is 6.73. The molecule has 2 saturated heterocycles. The van der Waals surface area contributed by atoms with Gasteiger partial charge in [0.05, 0.1) is 19.3 Å². The molecule has 1 aliphatic carbocycles. The fourth-order valence-corrected chi connectivity index (χ4v) is 4.93. The first-order valence-corrected chi connectivity index (χ1v) is 11.6. The first-order valence-electron chi connectivity index (χ1n) is 11.6. The molecule has 0 radical (unpaired) electrons. The maximum Gasteiger partial charge on any atom is 0.254 e. The number of carbonyl (C=O) groups is 2. The molecule has 2 amide bonds. The van der Waals surface area contributed by atoms with E-state index in [9.17, 15) is 9.59 Å². The Kier molecular flexibility index (Phi) is 7.26. The van der Waals surface area contributed by atoms with Crippen LogP contribution in [-0.4, -0.2) is 67.1 Å². The average Bonchev–Trinajstić information content (AvgIpc) is 3.28. The van der Waals surface area contributed by atoms with Crippen LogP contribution < -0.4 is 4.74 Å². The van der Waals surface area contributed by atoms with E-state index >= 15 is 0 Å². The van der Waals surface area contributed by atoms with E-state index in [1.807, 2.05) is 34.1 Å². The molecule has 2 heterocycles. The minimum atomic E-state index is 0.0418. The van der Waals surface area contributed by atoms with Crippen LogP contribution in [0.1, 0.15) is 61.7 Å². The van der Waals surface area contributed by atoms with Gasteiger partial charge in [-0.1, -0.05) is 19.3 Å². The Balaban J connectivity index is 1.27. The van der Waals surface area contributed by atoms with Crippen molar-refractivity contribution in [3.05, 3.63) is 29.8 Å². The van der Waals surface area contributed by atoms with E-state index in [-0.39, 0.29) is 11.9 Å². The molecule has 1 saturated carbocycles. The number of nitrogens with zero attached hydrogens (tertiary/aromatic N) is 2. The lowest BCUT2D eigenvalue weighted by molar-refractivity contribution is -0.133. The molecule has 0 unspecified atom stereocenters. The van der Waals surface area contributed by atoms with Gasteiger partial charge in [-0.3, -0.25) is 9.59 Å². The number of amides is 2. The molecule has 1 atom stereocenters. The molecule has 0 aromatic heterocycles. The lowest BCUT2D eigenvalue weighted by Gasteiger charge is -2.28. The van der Waals surface area contributed by atoms with Gasteiger partial charge in [0.25, 0.3) is 5.91 Å². The normalized spacial score (nSPS) is 22.9. The number of ether oxygens (including phenoxy) is 2. The van der Waals surface area contributed by atoms with Crippen LogP contribution in [0.2, 0.25) is 0 Å². The largest absolute Gasteiger partial charge is 0.491 e. The van der Waals surface area contributed by atoms with Crippen molar-refractivity contribution < 1.29 is 19.1 Å². The van der Waals surface area contributed by atoms with E-state index < -0.39 is 0 Å².